The number of allylic oxidation sites excluding steroid dienone is 1. The van der Waals surface area contributed by atoms with E-state index in [0.717, 1.165) is 22.6 Å². The zero-order chi connectivity index (χ0) is 54.2. The zero-order valence-corrected chi connectivity index (χ0v) is 42.9. The standard InChI is InChI=1S/C53H74N8O13/c1-6-7-9-14-43(65)55-37(23-25-42(54)64)47(67)59-46-31(4)74-53(73)45(30(2)3)58-49(69)40(28-34-17-21-36(63)22-18-34)60(5)52(72)41(29-32-12-10-8-11-13-32)61-44(66)26-24-38(51(61)71)56-48(68)39(57-50(46)70)27-33-15-19-35(62)20-16-33/h8,10-13,15,17-19,21-22,30-31,33,35,37-41,44-46,62-63,66H,6-7,9,14,16,20,23-29H2,1-5H3,(H2,54,64)(H,55,65)(H,56,68)(H,57,70)(H,58,69)(H,59,67)/t31-,33+,35+,37+,38+,39?,40+,41+,44-,45?,46+/m1/s1. The molecule has 21 nitrogen and oxygen atoms in total. The van der Waals surface area contributed by atoms with Crippen LogP contribution in [0.1, 0.15) is 109 Å². The van der Waals surface area contributed by atoms with Gasteiger partial charge < -0.3 is 62.2 Å². The number of cyclic esters (lactones) is 1. The Morgan fingerprint density at radius 1 is 0.797 bits per heavy atom. The van der Waals surface area contributed by atoms with E-state index in [4.69, 9.17) is 10.5 Å². The first kappa shape index (κ1) is 58.0. The summed E-state index contributed by atoms with van der Waals surface area (Å²) < 4.78 is 5.93. The molecule has 2 saturated heterocycles. The lowest BCUT2D eigenvalue weighted by Gasteiger charge is -2.43. The first-order valence-electron chi connectivity index (χ1n) is 25.6. The van der Waals surface area contributed by atoms with Crippen LogP contribution in [0.25, 0.3) is 0 Å². The van der Waals surface area contributed by atoms with Crippen molar-refractivity contribution in [2.24, 2.45) is 17.6 Å². The number of aromatic hydroxyl groups is 1. The Kier molecular flexibility index (Phi) is 21.5. The molecular formula is C53H74N8O13. The fourth-order valence-corrected chi connectivity index (χ4v) is 9.40. The highest BCUT2D eigenvalue weighted by Crippen LogP contribution is 2.27. The number of ether oxygens (including phenoxy) is 1. The SMILES string of the molecule is CCCCCC(=O)N[C@@H](CCC(N)=O)C(=O)N[C@@H]1C(=O)NC(C[C@H]2C=C[C@H](O)CC2)C(=O)N[C@H]2CC[C@@H](O)N(C2=O)[C@@H](Cc2ccccc2)C(=O)N(C)[C@@H](Cc2ccc(O)cc2)C(=O)NC(C(C)C)C(=O)O[C@@H]1C. The van der Waals surface area contributed by atoms with Gasteiger partial charge in [0.2, 0.25) is 47.3 Å². The number of hydrogen-bond acceptors (Lipinski definition) is 13. The number of nitrogens with one attached hydrogen (secondary N) is 5. The van der Waals surface area contributed by atoms with Crippen molar-refractivity contribution in [3.63, 3.8) is 0 Å². The maximum Gasteiger partial charge on any atom is 0.329 e. The normalized spacial score (nSPS) is 26.9. The Labute approximate surface area is 431 Å². The number of phenolic OH excluding ortho intramolecular Hbond substituents is 1. The Morgan fingerprint density at radius 3 is 2.11 bits per heavy atom. The van der Waals surface area contributed by atoms with Crippen LogP contribution in [0.2, 0.25) is 0 Å². The predicted octanol–water partition coefficient (Wildman–Crippen LogP) is 0.902. The lowest BCUT2D eigenvalue weighted by atomic mass is 9.88. The summed E-state index contributed by atoms with van der Waals surface area (Å²) in [6.45, 7) is 6.49. The van der Waals surface area contributed by atoms with Gasteiger partial charge in [0.1, 0.15) is 60.4 Å². The van der Waals surface area contributed by atoms with E-state index in [1.54, 1.807) is 68.5 Å². The lowest BCUT2D eigenvalue weighted by molar-refractivity contribution is -0.165. The van der Waals surface area contributed by atoms with Crippen LogP contribution < -0.4 is 32.3 Å². The van der Waals surface area contributed by atoms with Crippen molar-refractivity contribution >= 4 is 53.2 Å². The molecule has 2 heterocycles. The van der Waals surface area contributed by atoms with Crippen LogP contribution in [-0.2, 0) is 60.7 Å². The zero-order valence-electron chi connectivity index (χ0n) is 42.9. The minimum absolute atomic E-state index is 0.0597. The topological polar surface area (TPSA) is 316 Å². The number of nitrogens with two attached hydrogens (primary N) is 1. The van der Waals surface area contributed by atoms with E-state index in [1.807, 2.05) is 6.92 Å². The van der Waals surface area contributed by atoms with Crippen LogP contribution in [0.3, 0.4) is 0 Å². The maximum absolute atomic E-state index is 15.1. The third kappa shape index (κ3) is 16.3. The number of esters is 1. The quantitative estimate of drug-likeness (QED) is 0.0605. The summed E-state index contributed by atoms with van der Waals surface area (Å²) in [5, 5.41) is 45.3. The van der Waals surface area contributed by atoms with Gasteiger partial charge in [-0.3, -0.25) is 38.4 Å². The largest absolute Gasteiger partial charge is 0.508 e. The number of aliphatic hydroxyl groups is 2. The molecule has 2 aromatic rings. The van der Waals surface area contributed by atoms with Crippen LogP contribution in [-0.4, -0.2) is 146 Å². The molecule has 2 aliphatic heterocycles. The molecule has 2 bridgehead atoms. The highest BCUT2D eigenvalue weighted by atomic mass is 16.5. The molecule has 2 fully saturated rings. The van der Waals surface area contributed by atoms with Gasteiger partial charge in [0.05, 0.1) is 6.10 Å². The summed E-state index contributed by atoms with van der Waals surface area (Å²) in [6.07, 6.45) is 1.22. The average molecular weight is 1030 g/mol. The van der Waals surface area contributed by atoms with E-state index in [0.29, 0.717) is 30.4 Å². The second kappa shape index (κ2) is 27.4. The molecule has 3 aliphatic rings. The summed E-state index contributed by atoms with van der Waals surface area (Å²) in [5.74, 6) is -8.67. The second-order valence-electron chi connectivity index (χ2n) is 19.9. The van der Waals surface area contributed by atoms with Crippen molar-refractivity contribution in [2.75, 3.05) is 7.05 Å². The number of unbranched alkanes of at least 4 members (excludes halogenated alkanes) is 2. The van der Waals surface area contributed by atoms with Crippen molar-refractivity contribution < 1.29 is 63.2 Å². The number of amides is 8. The maximum atomic E-state index is 15.1. The molecule has 11 atom stereocenters. The molecule has 2 aromatic carbocycles. The van der Waals surface area contributed by atoms with Gasteiger partial charge in [-0.1, -0.05) is 88.2 Å². The van der Waals surface area contributed by atoms with E-state index in [-0.39, 0.29) is 63.0 Å². The third-order valence-electron chi connectivity index (χ3n) is 13.8. The molecule has 8 amide bonds. The van der Waals surface area contributed by atoms with Gasteiger partial charge in [-0.05, 0) is 87.0 Å². The van der Waals surface area contributed by atoms with Gasteiger partial charge >= 0.3 is 5.97 Å². The van der Waals surface area contributed by atoms with Gasteiger partial charge in [-0.25, -0.2) is 4.79 Å². The number of piperidine rings is 1. The number of likely N-dealkylation sites (N-methyl/N-ethyl adjacent to an activating group) is 1. The molecule has 0 saturated carbocycles. The summed E-state index contributed by atoms with van der Waals surface area (Å²) >= 11 is 0. The molecule has 0 aromatic heterocycles. The number of hydrogen-bond donors (Lipinski definition) is 9. The van der Waals surface area contributed by atoms with Crippen LogP contribution in [0.15, 0.2) is 66.7 Å². The minimum atomic E-state index is -1.80. The average Bonchev–Trinajstić information content (AvgIpc) is 3.36. The van der Waals surface area contributed by atoms with Crippen molar-refractivity contribution in [3.8, 4) is 5.75 Å². The number of carbonyl (C=O) groups is 9. The monoisotopic (exact) mass is 1030 g/mol. The second-order valence-corrected chi connectivity index (χ2v) is 19.9. The Bertz CT molecular complexity index is 2330. The van der Waals surface area contributed by atoms with E-state index >= 15 is 4.79 Å². The number of fused-ring (bicyclic) bond motifs is 2. The first-order chi connectivity index (χ1) is 35.2. The number of rotatable bonds is 17. The Morgan fingerprint density at radius 2 is 1.47 bits per heavy atom. The van der Waals surface area contributed by atoms with Crippen LogP contribution in [0, 0.1) is 11.8 Å². The van der Waals surface area contributed by atoms with Gasteiger partial charge in [0, 0.05) is 32.7 Å². The van der Waals surface area contributed by atoms with Gasteiger partial charge in [-0.15, -0.1) is 0 Å². The van der Waals surface area contributed by atoms with Crippen molar-refractivity contribution in [3.05, 3.63) is 77.9 Å². The number of phenols is 1. The number of benzene rings is 2. The van der Waals surface area contributed by atoms with E-state index in [9.17, 15) is 53.7 Å². The molecule has 10 N–H and O–H groups in total. The fraction of sp³-hybridized carbons (Fsp3) is 0.566. The summed E-state index contributed by atoms with van der Waals surface area (Å²) in [7, 11) is 1.36. The molecule has 21 heteroatoms. The van der Waals surface area contributed by atoms with Gasteiger partial charge in [0.15, 0.2) is 0 Å². The van der Waals surface area contributed by atoms with E-state index in [1.165, 1.54) is 26.1 Å². The fourth-order valence-electron chi connectivity index (χ4n) is 9.40. The number of aliphatic hydroxyl groups excluding tert-OH is 2. The highest BCUT2D eigenvalue weighted by Gasteiger charge is 2.46. The molecule has 0 spiro atoms. The smallest absolute Gasteiger partial charge is 0.329 e. The molecular weight excluding hydrogens is 957 g/mol. The van der Waals surface area contributed by atoms with Crippen molar-refractivity contribution in [1.29, 1.82) is 0 Å². The number of nitrogens with zero attached hydrogens (tertiary/aromatic N) is 2. The minimum Gasteiger partial charge on any atom is -0.508 e. The molecule has 0 radical (unpaired) electrons. The number of carbonyl (C=O) groups excluding carboxylic acids is 9. The van der Waals surface area contributed by atoms with Crippen molar-refractivity contribution in [1.82, 2.24) is 36.4 Å². The molecule has 74 heavy (non-hydrogen) atoms. The molecule has 2 unspecified atom stereocenters. The van der Waals surface area contributed by atoms with Crippen molar-refractivity contribution in [2.45, 2.75) is 172 Å². The lowest BCUT2D eigenvalue weighted by Crippen LogP contribution is -2.65. The summed E-state index contributed by atoms with van der Waals surface area (Å²) in [4.78, 5) is 130. The van der Waals surface area contributed by atoms with Crippen LogP contribution in [0.5, 0.6) is 5.75 Å². The molecule has 1 aliphatic carbocycles. The van der Waals surface area contributed by atoms with Crippen LogP contribution >= 0.6 is 0 Å². The third-order valence-corrected chi connectivity index (χ3v) is 13.8. The van der Waals surface area contributed by atoms with E-state index in [2.05, 4.69) is 26.6 Å². The molecule has 404 valence electrons. The summed E-state index contributed by atoms with van der Waals surface area (Å²) in [6, 6.07) is 4.36. The Hall–Kier alpha value is -6.87. The number of primary amides is 1. The van der Waals surface area contributed by atoms with Crippen LogP contribution in [0.4, 0.5) is 0 Å². The van der Waals surface area contributed by atoms with Gasteiger partial charge in [-0.2, -0.15) is 0 Å². The van der Waals surface area contributed by atoms with E-state index < -0.39 is 120 Å². The van der Waals surface area contributed by atoms with Gasteiger partial charge in [0.25, 0.3) is 0 Å². The summed E-state index contributed by atoms with van der Waals surface area (Å²) in [5.41, 5.74) is 6.54. The highest BCUT2D eigenvalue weighted by molar-refractivity contribution is 5.98. The molecule has 5 rings (SSSR count). The Balaban J connectivity index is 1.63. The first-order valence-corrected chi connectivity index (χ1v) is 25.6. The predicted molar refractivity (Wildman–Crippen MR) is 269 cm³/mol.